The zero-order valence-corrected chi connectivity index (χ0v) is 15.2. The van der Waals surface area contributed by atoms with E-state index in [1.807, 2.05) is 31.2 Å². The van der Waals surface area contributed by atoms with E-state index in [-0.39, 0.29) is 6.04 Å². The summed E-state index contributed by atoms with van der Waals surface area (Å²) in [5, 5.41) is 6.81. The number of aryl methyl sites for hydroxylation is 3. The summed E-state index contributed by atoms with van der Waals surface area (Å²) in [5.41, 5.74) is 5.60. The van der Waals surface area contributed by atoms with Crippen LogP contribution in [-0.2, 0) is 0 Å². The number of hydrogen-bond donors (Lipinski definition) is 2. The van der Waals surface area contributed by atoms with Crippen LogP contribution >= 0.6 is 0 Å². The monoisotopic (exact) mass is 332 g/mol. The first-order chi connectivity index (χ1) is 12.0. The van der Waals surface area contributed by atoms with Crippen LogP contribution < -0.4 is 10.6 Å². The average molecular weight is 332 g/mol. The van der Waals surface area contributed by atoms with E-state index in [4.69, 9.17) is 0 Å². The van der Waals surface area contributed by atoms with E-state index >= 15 is 0 Å². The normalized spacial score (nSPS) is 11.8. The second-order valence-electron chi connectivity index (χ2n) is 6.44. The van der Waals surface area contributed by atoms with Gasteiger partial charge in [-0.2, -0.15) is 4.98 Å². The molecule has 0 fully saturated rings. The van der Waals surface area contributed by atoms with Crippen molar-refractivity contribution in [1.29, 1.82) is 0 Å². The highest BCUT2D eigenvalue weighted by atomic mass is 15.2. The molecule has 1 aromatic heterocycles. The molecule has 0 radical (unpaired) electrons. The van der Waals surface area contributed by atoms with Crippen LogP contribution in [0.3, 0.4) is 0 Å². The molecule has 128 valence electrons. The number of nitrogens with one attached hydrogen (secondary N) is 2. The maximum atomic E-state index is 4.63. The second kappa shape index (κ2) is 7.34. The van der Waals surface area contributed by atoms with Crippen LogP contribution in [0.25, 0.3) is 0 Å². The van der Waals surface area contributed by atoms with E-state index in [0.717, 1.165) is 17.2 Å². The third-order valence-corrected chi connectivity index (χ3v) is 4.16. The fraction of sp³-hybridized carbons (Fsp3) is 0.238. The molecule has 25 heavy (non-hydrogen) atoms. The molecule has 3 aromatic rings. The Bertz CT molecular complexity index is 859. The Morgan fingerprint density at radius 2 is 1.64 bits per heavy atom. The summed E-state index contributed by atoms with van der Waals surface area (Å²) in [6.07, 6.45) is 0. The molecule has 4 heteroatoms. The van der Waals surface area contributed by atoms with Crippen molar-refractivity contribution in [2.75, 3.05) is 10.6 Å². The van der Waals surface area contributed by atoms with Crippen LogP contribution in [-0.4, -0.2) is 9.97 Å². The number of aromatic nitrogens is 2. The van der Waals surface area contributed by atoms with Crippen molar-refractivity contribution in [3.63, 3.8) is 0 Å². The highest BCUT2D eigenvalue weighted by Crippen LogP contribution is 2.23. The number of benzene rings is 2. The number of nitrogens with zero attached hydrogens (tertiary/aromatic N) is 2. The van der Waals surface area contributed by atoms with Crippen LogP contribution in [0.5, 0.6) is 0 Å². The molecule has 0 saturated carbocycles. The maximum absolute atomic E-state index is 4.63. The smallest absolute Gasteiger partial charge is 0.225 e. The largest absolute Gasteiger partial charge is 0.348 e. The summed E-state index contributed by atoms with van der Waals surface area (Å²) < 4.78 is 0. The van der Waals surface area contributed by atoms with E-state index in [1.54, 1.807) is 0 Å². The number of anilines is 3. The van der Waals surface area contributed by atoms with Gasteiger partial charge < -0.3 is 10.6 Å². The van der Waals surface area contributed by atoms with E-state index in [1.165, 1.54) is 16.7 Å². The molecule has 0 saturated heterocycles. The molecule has 3 rings (SSSR count). The molecule has 1 atom stereocenters. The SMILES string of the molecule is Cc1ccc(C)c(Nc2cc(C)nc(NC(C)c3ccccc3)n2)c1. The summed E-state index contributed by atoms with van der Waals surface area (Å²) >= 11 is 0. The van der Waals surface area contributed by atoms with Gasteiger partial charge in [-0.3, -0.25) is 0 Å². The van der Waals surface area contributed by atoms with Crippen molar-refractivity contribution >= 4 is 17.5 Å². The van der Waals surface area contributed by atoms with Crippen molar-refractivity contribution in [2.45, 2.75) is 33.7 Å². The van der Waals surface area contributed by atoms with Crippen LogP contribution in [0.2, 0.25) is 0 Å². The molecule has 0 spiro atoms. The lowest BCUT2D eigenvalue weighted by Gasteiger charge is -2.16. The Morgan fingerprint density at radius 1 is 0.880 bits per heavy atom. The second-order valence-corrected chi connectivity index (χ2v) is 6.44. The maximum Gasteiger partial charge on any atom is 0.225 e. The van der Waals surface area contributed by atoms with E-state index < -0.39 is 0 Å². The molecule has 1 heterocycles. The van der Waals surface area contributed by atoms with Gasteiger partial charge >= 0.3 is 0 Å². The highest BCUT2D eigenvalue weighted by Gasteiger charge is 2.09. The molecule has 0 amide bonds. The lowest BCUT2D eigenvalue weighted by Crippen LogP contribution is -2.11. The molecule has 0 bridgehead atoms. The topological polar surface area (TPSA) is 49.8 Å². The molecule has 1 unspecified atom stereocenters. The van der Waals surface area contributed by atoms with Gasteiger partial charge in [0.05, 0.1) is 6.04 Å². The third-order valence-electron chi connectivity index (χ3n) is 4.16. The minimum absolute atomic E-state index is 0.136. The molecule has 4 nitrogen and oxygen atoms in total. The van der Waals surface area contributed by atoms with Gasteiger partial charge in [-0.25, -0.2) is 4.98 Å². The van der Waals surface area contributed by atoms with E-state index in [0.29, 0.717) is 5.95 Å². The Morgan fingerprint density at radius 3 is 2.40 bits per heavy atom. The third kappa shape index (κ3) is 4.35. The van der Waals surface area contributed by atoms with Crippen molar-refractivity contribution in [2.24, 2.45) is 0 Å². The Hall–Kier alpha value is -2.88. The van der Waals surface area contributed by atoms with Crippen LogP contribution in [0.4, 0.5) is 17.5 Å². The molecular weight excluding hydrogens is 308 g/mol. The first kappa shape index (κ1) is 17.0. The molecule has 0 aliphatic rings. The Balaban J connectivity index is 1.82. The van der Waals surface area contributed by atoms with Gasteiger partial charge in [-0.15, -0.1) is 0 Å². The van der Waals surface area contributed by atoms with Crippen molar-refractivity contribution < 1.29 is 0 Å². The Labute approximate surface area is 149 Å². The number of rotatable bonds is 5. The summed E-state index contributed by atoms with van der Waals surface area (Å²) in [6, 6.07) is 18.7. The van der Waals surface area contributed by atoms with Gasteiger partial charge in [0.25, 0.3) is 0 Å². The summed E-state index contributed by atoms with van der Waals surface area (Å²) in [4.78, 5) is 9.15. The molecule has 2 aromatic carbocycles. The van der Waals surface area contributed by atoms with Gasteiger partial charge in [0.2, 0.25) is 5.95 Å². The van der Waals surface area contributed by atoms with Crippen molar-refractivity contribution in [3.05, 3.63) is 77.0 Å². The highest BCUT2D eigenvalue weighted by molar-refractivity contribution is 5.62. The predicted octanol–water partition coefficient (Wildman–Crippen LogP) is 5.32. The molecular formula is C21H24N4. The zero-order chi connectivity index (χ0) is 17.8. The fourth-order valence-corrected chi connectivity index (χ4v) is 2.72. The van der Waals surface area contributed by atoms with E-state index in [9.17, 15) is 0 Å². The Kier molecular flexibility index (Phi) is 4.98. The number of hydrogen-bond acceptors (Lipinski definition) is 4. The molecule has 2 N–H and O–H groups in total. The van der Waals surface area contributed by atoms with Gasteiger partial charge in [-0.05, 0) is 50.5 Å². The van der Waals surface area contributed by atoms with Crippen LogP contribution in [0.1, 0.15) is 35.3 Å². The lowest BCUT2D eigenvalue weighted by molar-refractivity contribution is 0.858. The predicted molar refractivity (Wildman–Crippen MR) is 104 cm³/mol. The van der Waals surface area contributed by atoms with Crippen molar-refractivity contribution in [3.8, 4) is 0 Å². The zero-order valence-electron chi connectivity index (χ0n) is 15.2. The van der Waals surface area contributed by atoms with Crippen LogP contribution in [0, 0.1) is 20.8 Å². The average Bonchev–Trinajstić information content (AvgIpc) is 2.58. The van der Waals surface area contributed by atoms with Crippen molar-refractivity contribution in [1.82, 2.24) is 9.97 Å². The van der Waals surface area contributed by atoms with Gasteiger partial charge in [-0.1, -0.05) is 42.5 Å². The van der Waals surface area contributed by atoms with Gasteiger partial charge in [0, 0.05) is 17.4 Å². The summed E-state index contributed by atoms with van der Waals surface area (Å²) in [7, 11) is 0. The fourth-order valence-electron chi connectivity index (χ4n) is 2.72. The lowest BCUT2D eigenvalue weighted by atomic mass is 10.1. The van der Waals surface area contributed by atoms with E-state index in [2.05, 4.69) is 71.7 Å². The minimum atomic E-state index is 0.136. The summed E-state index contributed by atoms with van der Waals surface area (Å²) in [6.45, 7) is 8.27. The minimum Gasteiger partial charge on any atom is -0.348 e. The first-order valence-electron chi connectivity index (χ1n) is 8.53. The van der Waals surface area contributed by atoms with Gasteiger partial charge in [0.1, 0.15) is 5.82 Å². The molecule has 0 aliphatic heterocycles. The standard InChI is InChI=1S/C21H24N4/c1-14-10-11-15(2)19(12-14)24-20-13-16(3)22-21(25-20)23-17(4)18-8-6-5-7-9-18/h5-13,17H,1-4H3,(H2,22,23,24,25). The van der Waals surface area contributed by atoms with Crippen LogP contribution in [0.15, 0.2) is 54.6 Å². The quantitative estimate of drug-likeness (QED) is 0.664. The summed E-state index contributed by atoms with van der Waals surface area (Å²) in [5.74, 6) is 1.42. The van der Waals surface area contributed by atoms with Gasteiger partial charge in [0.15, 0.2) is 0 Å². The molecule has 0 aliphatic carbocycles. The first-order valence-corrected chi connectivity index (χ1v) is 8.53.